The maximum atomic E-state index is 12.8. The molecule has 3 rings (SSSR count). The summed E-state index contributed by atoms with van der Waals surface area (Å²) in [6.45, 7) is -0.251. The molecule has 0 bridgehead atoms. The zero-order chi connectivity index (χ0) is 21.6. The number of nitrogens with one attached hydrogen (secondary N) is 2. The molecular weight excluding hydrogens is 391 g/mol. The van der Waals surface area contributed by atoms with E-state index in [-0.39, 0.29) is 19.0 Å². The van der Waals surface area contributed by atoms with Gasteiger partial charge in [-0.25, -0.2) is 0 Å². The molecular formula is C23H28F3N3O. The number of halogens is 3. The summed E-state index contributed by atoms with van der Waals surface area (Å²) >= 11 is 0. The Labute approximate surface area is 175 Å². The Balaban J connectivity index is 1.78. The summed E-state index contributed by atoms with van der Waals surface area (Å²) in [4.78, 5) is 11.2. The van der Waals surface area contributed by atoms with E-state index < -0.39 is 18.1 Å². The highest BCUT2D eigenvalue weighted by molar-refractivity contribution is 5.81. The van der Waals surface area contributed by atoms with Gasteiger partial charge < -0.3 is 16.4 Å². The standard InChI is InChI=1S/C23H28F3N3O/c24-23(25,26)16-28-15-22(12-6-1-7-13-29-21(30)14-27)19-10-4-2-8-17(19)18-9-3-5-11-20(18)22/h2-5,8-11,28H,1,6-7,12-16,27H2,(H,29,30). The van der Waals surface area contributed by atoms with Crippen LogP contribution in [0.2, 0.25) is 0 Å². The van der Waals surface area contributed by atoms with Gasteiger partial charge in [0.1, 0.15) is 0 Å². The highest BCUT2D eigenvalue weighted by Gasteiger charge is 2.42. The third-order valence-corrected chi connectivity index (χ3v) is 5.72. The number of unbranched alkanes of at least 4 members (excludes halogenated alkanes) is 2. The van der Waals surface area contributed by atoms with E-state index in [9.17, 15) is 18.0 Å². The van der Waals surface area contributed by atoms with Gasteiger partial charge >= 0.3 is 6.18 Å². The smallest absolute Gasteiger partial charge is 0.355 e. The van der Waals surface area contributed by atoms with Crippen LogP contribution < -0.4 is 16.4 Å². The number of hydrogen-bond acceptors (Lipinski definition) is 3. The second kappa shape index (κ2) is 9.62. The molecule has 7 heteroatoms. The molecule has 0 saturated carbocycles. The first-order chi connectivity index (χ1) is 14.4. The van der Waals surface area contributed by atoms with Gasteiger partial charge in [-0.2, -0.15) is 13.2 Å². The Morgan fingerprint density at radius 3 is 2.10 bits per heavy atom. The van der Waals surface area contributed by atoms with Crippen LogP contribution in [0.5, 0.6) is 0 Å². The molecule has 4 nitrogen and oxygen atoms in total. The Morgan fingerprint density at radius 1 is 0.933 bits per heavy atom. The van der Waals surface area contributed by atoms with E-state index in [0.717, 1.165) is 47.9 Å². The molecule has 1 aliphatic rings. The first-order valence-electron chi connectivity index (χ1n) is 10.3. The van der Waals surface area contributed by atoms with Crippen LogP contribution in [-0.4, -0.2) is 38.3 Å². The summed E-state index contributed by atoms with van der Waals surface area (Å²) in [6, 6.07) is 16.0. The van der Waals surface area contributed by atoms with E-state index in [2.05, 4.69) is 10.6 Å². The number of nitrogens with two attached hydrogens (primary N) is 1. The molecule has 0 saturated heterocycles. The second-order valence-corrected chi connectivity index (χ2v) is 7.76. The molecule has 30 heavy (non-hydrogen) atoms. The van der Waals surface area contributed by atoms with Gasteiger partial charge in [0, 0.05) is 18.5 Å². The molecule has 0 radical (unpaired) electrons. The van der Waals surface area contributed by atoms with Crippen molar-refractivity contribution in [3.8, 4) is 11.1 Å². The van der Waals surface area contributed by atoms with Crippen molar-refractivity contribution in [2.75, 3.05) is 26.2 Å². The molecule has 0 fully saturated rings. The van der Waals surface area contributed by atoms with Gasteiger partial charge in [-0.15, -0.1) is 0 Å². The van der Waals surface area contributed by atoms with Crippen molar-refractivity contribution in [2.24, 2.45) is 5.73 Å². The minimum absolute atomic E-state index is 0.0262. The quantitative estimate of drug-likeness (QED) is 0.514. The number of alkyl halides is 3. The SMILES string of the molecule is NCC(=O)NCCCCCC1(CNCC(F)(F)F)c2ccccc2-c2ccccc21. The third-order valence-electron chi connectivity index (χ3n) is 5.72. The third kappa shape index (κ3) is 5.02. The van der Waals surface area contributed by atoms with Crippen molar-refractivity contribution in [2.45, 2.75) is 37.3 Å². The lowest BCUT2D eigenvalue weighted by molar-refractivity contribution is -0.125. The first-order valence-corrected chi connectivity index (χ1v) is 10.3. The van der Waals surface area contributed by atoms with Gasteiger partial charge in [0.25, 0.3) is 0 Å². The average Bonchev–Trinajstić information content (AvgIpc) is 3.00. The van der Waals surface area contributed by atoms with Crippen molar-refractivity contribution < 1.29 is 18.0 Å². The zero-order valence-corrected chi connectivity index (χ0v) is 16.9. The van der Waals surface area contributed by atoms with E-state index in [4.69, 9.17) is 5.73 Å². The second-order valence-electron chi connectivity index (χ2n) is 7.76. The lowest BCUT2D eigenvalue weighted by Crippen LogP contribution is -2.41. The van der Waals surface area contributed by atoms with E-state index in [1.807, 2.05) is 48.5 Å². The number of hydrogen-bond donors (Lipinski definition) is 3. The maximum absolute atomic E-state index is 12.8. The van der Waals surface area contributed by atoms with Crippen LogP contribution in [0, 0.1) is 0 Å². The molecule has 0 heterocycles. The lowest BCUT2D eigenvalue weighted by Gasteiger charge is -2.33. The Kier molecular flexibility index (Phi) is 7.15. The summed E-state index contributed by atoms with van der Waals surface area (Å²) in [5, 5.41) is 5.42. The fourth-order valence-corrected chi connectivity index (χ4v) is 4.41. The Hall–Kier alpha value is -2.38. The largest absolute Gasteiger partial charge is 0.401 e. The van der Waals surface area contributed by atoms with Crippen LogP contribution in [0.15, 0.2) is 48.5 Å². The van der Waals surface area contributed by atoms with E-state index in [1.54, 1.807) is 0 Å². The minimum Gasteiger partial charge on any atom is -0.355 e. The monoisotopic (exact) mass is 419 g/mol. The van der Waals surface area contributed by atoms with Crippen LogP contribution in [0.1, 0.15) is 36.8 Å². The van der Waals surface area contributed by atoms with Gasteiger partial charge in [0.2, 0.25) is 5.91 Å². The molecule has 4 N–H and O–H groups in total. The first kappa shape index (κ1) is 22.3. The highest BCUT2D eigenvalue weighted by atomic mass is 19.4. The van der Waals surface area contributed by atoms with Crippen LogP contribution in [-0.2, 0) is 10.2 Å². The molecule has 0 spiro atoms. The van der Waals surface area contributed by atoms with Gasteiger partial charge in [-0.1, -0.05) is 61.4 Å². The molecule has 162 valence electrons. The van der Waals surface area contributed by atoms with Crippen LogP contribution in [0.3, 0.4) is 0 Å². The number of carbonyl (C=O) groups is 1. The lowest BCUT2D eigenvalue weighted by atomic mass is 9.74. The van der Waals surface area contributed by atoms with E-state index in [0.29, 0.717) is 6.54 Å². The van der Waals surface area contributed by atoms with Crippen molar-refractivity contribution in [3.05, 3.63) is 59.7 Å². The predicted molar refractivity (Wildman–Crippen MR) is 112 cm³/mol. The average molecular weight is 419 g/mol. The van der Waals surface area contributed by atoms with Crippen LogP contribution in [0.25, 0.3) is 11.1 Å². The number of benzene rings is 2. The predicted octanol–water partition coefficient (Wildman–Crippen LogP) is 3.74. The maximum Gasteiger partial charge on any atom is 0.401 e. The Morgan fingerprint density at radius 2 is 1.53 bits per heavy atom. The summed E-state index contributed by atoms with van der Waals surface area (Å²) in [7, 11) is 0. The van der Waals surface area contributed by atoms with E-state index in [1.165, 1.54) is 0 Å². The van der Waals surface area contributed by atoms with Crippen molar-refractivity contribution >= 4 is 5.91 Å². The molecule has 0 atom stereocenters. The fraction of sp³-hybridized carbons (Fsp3) is 0.435. The molecule has 0 aromatic heterocycles. The van der Waals surface area contributed by atoms with Crippen molar-refractivity contribution in [1.29, 1.82) is 0 Å². The van der Waals surface area contributed by atoms with Gasteiger partial charge in [0.15, 0.2) is 0 Å². The Bertz CT molecular complexity index is 821. The molecule has 2 aromatic rings. The number of carbonyl (C=O) groups excluding carboxylic acids is 1. The van der Waals surface area contributed by atoms with Crippen LogP contribution >= 0.6 is 0 Å². The number of rotatable bonds is 10. The normalized spacial score (nSPS) is 14.3. The van der Waals surface area contributed by atoms with Gasteiger partial charge in [-0.3, -0.25) is 4.79 Å². The molecule has 1 amide bonds. The minimum atomic E-state index is -4.25. The molecule has 1 aliphatic carbocycles. The summed E-state index contributed by atoms with van der Waals surface area (Å²) in [6.07, 6.45) is -0.997. The zero-order valence-electron chi connectivity index (χ0n) is 16.9. The molecule has 0 aliphatic heterocycles. The summed E-state index contributed by atoms with van der Waals surface area (Å²) in [5.41, 5.74) is 9.13. The summed E-state index contributed by atoms with van der Waals surface area (Å²) < 4.78 is 38.5. The highest BCUT2D eigenvalue weighted by Crippen LogP contribution is 2.51. The molecule has 2 aromatic carbocycles. The van der Waals surface area contributed by atoms with Crippen LogP contribution in [0.4, 0.5) is 13.2 Å². The molecule has 0 unspecified atom stereocenters. The summed E-state index contributed by atoms with van der Waals surface area (Å²) in [5.74, 6) is -0.179. The fourth-order valence-electron chi connectivity index (χ4n) is 4.41. The van der Waals surface area contributed by atoms with Gasteiger partial charge in [0.05, 0.1) is 13.1 Å². The van der Waals surface area contributed by atoms with Gasteiger partial charge in [-0.05, 0) is 35.1 Å². The topological polar surface area (TPSA) is 67.2 Å². The van der Waals surface area contributed by atoms with Crippen molar-refractivity contribution in [3.63, 3.8) is 0 Å². The number of fused-ring (bicyclic) bond motifs is 3. The number of amides is 1. The van der Waals surface area contributed by atoms with E-state index >= 15 is 0 Å². The van der Waals surface area contributed by atoms with Crippen molar-refractivity contribution in [1.82, 2.24) is 10.6 Å².